The number of aliphatic hydroxyl groups is 1. The molecule has 118 valence electrons. The summed E-state index contributed by atoms with van der Waals surface area (Å²) in [5.74, 6) is -0.590. The average molecular weight is 304 g/mol. The molecule has 1 aromatic carbocycles. The minimum Gasteiger partial charge on any atom is -0.490 e. The number of carbonyl (C=O) groups excluding carboxylic acids is 1. The predicted octanol–water partition coefficient (Wildman–Crippen LogP) is 2.67. The van der Waals surface area contributed by atoms with Crippen LogP contribution in [-0.2, 0) is 9.53 Å². The van der Waals surface area contributed by atoms with Gasteiger partial charge in [0.25, 0.3) is 0 Å². The van der Waals surface area contributed by atoms with Crippen LogP contribution in [0, 0.1) is 0 Å². The van der Waals surface area contributed by atoms with Crippen molar-refractivity contribution in [2.24, 2.45) is 0 Å². The van der Waals surface area contributed by atoms with Crippen LogP contribution in [-0.4, -0.2) is 30.9 Å². The molecule has 1 aromatic rings. The van der Waals surface area contributed by atoms with E-state index in [9.17, 15) is 18.7 Å². The Hall–Kier alpha value is -1.89. The molecule has 1 atom stereocenters. The molecule has 0 aliphatic carbocycles. The number of carbonyl (C=O) groups is 1. The highest BCUT2D eigenvalue weighted by molar-refractivity contribution is 5.70. The van der Waals surface area contributed by atoms with Crippen molar-refractivity contribution in [1.29, 1.82) is 0 Å². The van der Waals surface area contributed by atoms with Gasteiger partial charge in [-0.2, -0.15) is 8.78 Å². The Morgan fingerprint density at radius 1 is 1.24 bits per heavy atom. The van der Waals surface area contributed by atoms with Gasteiger partial charge < -0.3 is 19.3 Å². The second kappa shape index (κ2) is 8.41. The first kappa shape index (κ1) is 17.2. The van der Waals surface area contributed by atoms with Gasteiger partial charge in [0.2, 0.25) is 0 Å². The van der Waals surface area contributed by atoms with Crippen molar-refractivity contribution >= 4 is 5.97 Å². The number of benzene rings is 1. The van der Waals surface area contributed by atoms with Crippen molar-refractivity contribution in [3.05, 3.63) is 23.8 Å². The summed E-state index contributed by atoms with van der Waals surface area (Å²) in [5, 5.41) is 9.94. The van der Waals surface area contributed by atoms with Crippen LogP contribution in [0.1, 0.15) is 31.9 Å². The maximum atomic E-state index is 12.3. The first-order valence-electron chi connectivity index (χ1n) is 6.53. The smallest absolute Gasteiger partial charge is 0.387 e. The highest BCUT2D eigenvalue weighted by atomic mass is 19.3. The SMILES string of the molecule is CCOC(=O)CC(O)c1ccc(OC(F)F)c(OCC)c1. The summed E-state index contributed by atoms with van der Waals surface area (Å²) in [7, 11) is 0. The lowest BCUT2D eigenvalue weighted by Crippen LogP contribution is -2.11. The molecule has 0 aliphatic rings. The lowest BCUT2D eigenvalue weighted by atomic mass is 10.1. The van der Waals surface area contributed by atoms with Crippen LogP contribution in [0.3, 0.4) is 0 Å². The van der Waals surface area contributed by atoms with E-state index in [-0.39, 0.29) is 31.1 Å². The summed E-state index contributed by atoms with van der Waals surface area (Å²) in [6.07, 6.45) is -1.34. The van der Waals surface area contributed by atoms with Gasteiger partial charge in [-0.05, 0) is 31.5 Å². The van der Waals surface area contributed by atoms with Gasteiger partial charge in [-0.15, -0.1) is 0 Å². The Balaban J connectivity index is 2.88. The van der Waals surface area contributed by atoms with Crippen molar-refractivity contribution in [3.8, 4) is 11.5 Å². The van der Waals surface area contributed by atoms with E-state index in [1.165, 1.54) is 18.2 Å². The molecule has 5 nitrogen and oxygen atoms in total. The van der Waals surface area contributed by atoms with Gasteiger partial charge >= 0.3 is 12.6 Å². The minimum absolute atomic E-state index is 0.0817. The molecule has 1 rings (SSSR count). The normalized spacial score (nSPS) is 12.1. The Morgan fingerprint density at radius 2 is 1.95 bits per heavy atom. The highest BCUT2D eigenvalue weighted by Gasteiger charge is 2.17. The van der Waals surface area contributed by atoms with Crippen LogP contribution >= 0.6 is 0 Å². The van der Waals surface area contributed by atoms with Gasteiger partial charge in [0, 0.05) is 0 Å². The molecule has 1 N–H and O–H groups in total. The van der Waals surface area contributed by atoms with Gasteiger partial charge in [-0.1, -0.05) is 6.07 Å². The molecule has 0 radical (unpaired) electrons. The second-order valence-corrected chi connectivity index (χ2v) is 4.04. The molecular weight excluding hydrogens is 286 g/mol. The van der Waals surface area contributed by atoms with Crippen LogP contribution in [0.2, 0.25) is 0 Å². The summed E-state index contributed by atoms with van der Waals surface area (Å²) in [6.45, 7) is 0.843. The largest absolute Gasteiger partial charge is 0.490 e. The van der Waals surface area contributed by atoms with Crippen LogP contribution in [0.25, 0.3) is 0 Å². The topological polar surface area (TPSA) is 65.0 Å². The van der Waals surface area contributed by atoms with Gasteiger partial charge in [0.05, 0.1) is 25.7 Å². The van der Waals surface area contributed by atoms with Gasteiger partial charge in [0.15, 0.2) is 11.5 Å². The van der Waals surface area contributed by atoms with Crippen molar-refractivity contribution in [1.82, 2.24) is 0 Å². The van der Waals surface area contributed by atoms with Crippen LogP contribution in [0.15, 0.2) is 18.2 Å². The van der Waals surface area contributed by atoms with E-state index in [0.29, 0.717) is 5.56 Å². The molecule has 0 aliphatic heterocycles. The number of alkyl halides is 2. The minimum atomic E-state index is -2.97. The Morgan fingerprint density at radius 3 is 2.52 bits per heavy atom. The molecule has 0 amide bonds. The van der Waals surface area contributed by atoms with Crippen molar-refractivity contribution < 1.29 is 32.9 Å². The summed E-state index contributed by atoms with van der Waals surface area (Å²) >= 11 is 0. The third-order valence-corrected chi connectivity index (χ3v) is 2.53. The number of ether oxygens (including phenoxy) is 3. The Bertz CT molecular complexity index is 465. The molecule has 7 heteroatoms. The highest BCUT2D eigenvalue weighted by Crippen LogP contribution is 2.32. The predicted molar refractivity (Wildman–Crippen MR) is 70.5 cm³/mol. The molecule has 0 bridgehead atoms. The number of rotatable bonds is 8. The third kappa shape index (κ3) is 5.55. The first-order chi connectivity index (χ1) is 9.97. The third-order valence-electron chi connectivity index (χ3n) is 2.53. The molecular formula is C14H18F2O5. The fourth-order valence-electron chi connectivity index (χ4n) is 1.69. The van der Waals surface area contributed by atoms with E-state index in [1.54, 1.807) is 13.8 Å². The number of hydrogen-bond donors (Lipinski definition) is 1. The molecule has 1 unspecified atom stereocenters. The standard InChI is InChI=1S/C14H18F2O5/c1-3-19-12-7-9(5-6-11(12)21-14(15)16)10(17)8-13(18)20-4-2/h5-7,10,14,17H,3-4,8H2,1-2H3. The molecule has 0 fully saturated rings. The summed E-state index contributed by atoms with van der Waals surface area (Å²) < 4.78 is 38.8. The van der Waals surface area contributed by atoms with E-state index < -0.39 is 18.7 Å². The second-order valence-electron chi connectivity index (χ2n) is 4.04. The van der Waals surface area contributed by atoms with Crippen molar-refractivity contribution in [2.45, 2.75) is 33.0 Å². The number of aliphatic hydroxyl groups excluding tert-OH is 1. The summed E-state index contributed by atoms with van der Waals surface area (Å²) in [6, 6.07) is 4.02. The zero-order chi connectivity index (χ0) is 15.8. The molecule has 21 heavy (non-hydrogen) atoms. The van der Waals surface area contributed by atoms with Crippen LogP contribution in [0.4, 0.5) is 8.78 Å². The van der Waals surface area contributed by atoms with Gasteiger partial charge in [-0.3, -0.25) is 4.79 Å². The average Bonchev–Trinajstić information content (AvgIpc) is 2.40. The van der Waals surface area contributed by atoms with E-state index in [0.717, 1.165) is 0 Å². The zero-order valence-electron chi connectivity index (χ0n) is 11.8. The number of hydrogen-bond acceptors (Lipinski definition) is 5. The van der Waals surface area contributed by atoms with E-state index in [4.69, 9.17) is 9.47 Å². The Kier molecular flexibility index (Phi) is 6.87. The fourth-order valence-corrected chi connectivity index (χ4v) is 1.69. The number of halogens is 2. The molecule has 0 aromatic heterocycles. The lowest BCUT2D eigenvalue weighted by Gasteiger charge is -2.15. The van der Waals surface area contributed by atoms with Crippen LogP contribution in [0.5, 0.6) is 11.5 Å². The van der Waals surface area contributed by atoms with Crippen LogP contribution < -0.4 is 9.47 Å². The fraction of sp³-hybridized carbons (Fsp3) is 0.500. The maximum absolute atomic E-state index is 12.3. The quantitative estimate of drug-likeness (QED) is 0.748. The van der Waals surface area contributed by atoms with Crippen molar-refractivity contribution in [2.75, 3.05) is 13.2 Å². The van der Waals surface area contributed by atoms with Crippen molar-refractivity contribution in [3.63, 3.8) is 0 Å². The summed E-state index contributed by atoms with van der Waals surface area (Å²) in [5.41, 5.74) is 0.355. The monoisotopic (exact) mass is 304 g/mol. The molecule has 0 heterocycles. The Labute approximate surface area is 121 Å². The van der Waals surface area contributed by atoms with E-state index >= 15 is 0 Å². The lowest BCUT2D eigenvalue weighted by molar-refractivity contribution is -0.145. The van der Waals surface area contributed by atoms with E-state index in [2.05, 4.69) is 4.74 Å². The van der Waals surface area contributed by atoms with Gasteiger partial charge in [0.1, 0.15) is 0 Å². The van der Waals surface area contributed by atoms with Gasteiger partial charge in [-0.25, -0.2) is 0 Å². The molecule has 0 spiro atoms. The summed E-state index contributed by atoms with van der Waals surface area (Å²) in [4.78, 5) is 11.3. The molecule has 0 saturated carbocycles. The molecule has 0 saturated heterocycles. The number of esters is 1. The zero-order valence-corrected chi connectivity index (χ0v) is 11.8. The van der Waals surface area contributed by atoms with E-state index in [1.807, 2.05) is 0 Å². The maximum Gasteiger partial charge on any atom is 0.387 e. The first-order valence-corrected chi connectivity index (χ1v) is 6.53.